The molecule has 1 atom stereocenters. The first-order chi connectivity index (χ1) is 13.7. The van der Waals surface area contributed by atoms with Gasteiger partial charge in [0.2, 0.25) is 5.91 Å². The van der Waals surface area contributed by atoms with Crippen LogP contribution in [0.5, 0.6) is 0 Å². The Kier molecular flexibility index (Phi) is 6.65. The first kappa shape index (κ1) is 21.4. The number of alkyl carbamates (subject to hydrolysis) is 1. The van der Waals surface area contributed by atoms with Crippen molar-refractivity contribution in [3.05, 3.63) is 23.4 Å². The summed E-state index contributed by atoms with van der Waals surface area (Å²) >= 11 is 0. The lowest BCUT2D eigenvalue weighted by Crippen LogP contribution is -2.51. The lowest BCUT2D eigenvalue weighted by atomic mass is 9.93. The largest absolute Gasteiger partial charge is 0.444 e. The lowest BCUT2D eigenvalue weighted by molar-refractivity contribution is -0.138. The van der Waals surface area contributed by atoms with Crippen molar-refractivity contribution < 1.29 is 14.3 Å². The summed E-state index contributed by atoms with van der Waals surface area (Å²) in [6.07, 6.45) is 4.08. The Morgan fingerprint density at radius 3 is 2.83 bits per heavy atom. The van der Waals surface area contributed by atoms with Crippen LogP contribution >= 0.6 is 0 Å². The molecule has 1 aromatic heterocycles. The number of likely N-dealkylation sites (tertiary alicyclic amines) is 1. The van der Waals surface area contributed by atoms with E-state index in [4.69, 9.17) is 9.72 Å². The number of ether oxygens (including phenoxy) is 1. The van der Waals surface area contributed by atoms with Crippen LogP contribution in [0.2, 0.25) is 0 Å². The molecule has 1 saturated heterocycles. The number of nitrogens with zero attached hydrogens (tertiary/aromatic N) is 2. The van der Waals surface area contributed by atoms with Crippen LogP contribution in [0, 0.1) is 5.92 Å². The molecule has 1 fully saturated rings. The fourth-order valence-corrected chi connectivity index (χ4v) is 3.77. The highest BCUT2D eigenvalue weighted by Gasteiger charge is 2.31. The Morgan fingerprint density at radius 2 is 2.10 bits per heavy atom. The number of aromatic nitrogens is 1. The predicted octanol–water partition coefficient (Wildman–Crippen LogP) is 3.13. The molecule has 7 nitrogen and oxygen atoms in total. The van der Waals surface area contributed by atoms with Crippen molar-refractivity contribution in [3.63, 3.8) is 0 Å². The van der Waals surface area contributed by atoms with Crippen molar-refractivity contribution >= 4 is 17.8 Å². The third kappa shape index (κ3) is 6.34. The number of aryl methyl sites for hydroxylation is 2. The van der Waals surface area contributed by atoms with Gasteiger partial charge in [-0.3, -0.25) is 4.79 Å². The van der Waals surface area contributed by atoms with E-state index in [9.17, 15) is 9.59 Å². The molecule has 160 valence electrons. The molecule has 2 aliphatic rings. The number of rotatable bonds is 6. The number of pyridine rings is 1. The summed E-state index contributed by atoms with van der Waals surface area (Å²) < 4.78 is 5.23. The van der Waals surface area contributed by atoms with Crippen molar-refractivity contribution in [2.24, 2.45) is 5.92 Å². The molecule has 29 heavy (non-hydrogen) atoms. The van der Waals surface area contributed by atoms with Gasteiger partial charge < -0.3 is 20.3 Å². The highest BCUT2D eigenvalue weighted by Crippen LogP contribution is 2.24. The van der Waals surface area contributed by atoms with Gasteiger partial charge in [-0.05, 0) is 70.9 Å². The van der Waals surface area contributed by atoms with Crippen LogP contribution in [0.4, 0.5) is 10.6 Å². The fraction of sp³-hybridized carbons (Fsp3) is 0.682. The molecule has 3 rings (SSSR count). The number of anilines is 1. The Morgan fingerprint density at radius 1 is 1.34 bits per heavy atom. The molecule has 7 heteroatoms. The summed E-state index contributed by atoms with van der Waals surface area (Å²) in [5.74, 6) is 1.66. The van der Waals surface area contributed by atoms with Gasteiger partial charge in [0.15, 0.2) is 0 Å². The Balaban J connectivity index is 1.35. The summed E-state index contributed by atoms with van der Waals surface area (Å²) in [5.41, 5.74) is 1.90. The maximum atomic E-state index is 12.4. The molecule has 0 aliphatic carbocycles. The van der Waals surface area contributed by atoms with E-state index >= 15 is 0 Å². The zero-order valence-corrected chi connectivity index (χ0v) is 18.1. The fourth-order valence-electron chi connectivity index (χ4n) is 3.77. The Hall–Kier alpha value is -2.31. The van der Waals surface area contributed by atoms with E-state index < -0.39 is 11.7 Å². The monoisotopic (exact) mass is 402 g/mol. The van der Waals surface area contributed by atoms with Gasteiger partial charge in [0, 0.05) is 37.8 Å². The van der Waals surface area contributed by atoms with E-state index in [1.54, 1.807) is 0 Å². The van der Waals surface area contributed by atoms with Crippen LogP contribution in [-0.2, 0) is 22.4 Å². The van der Waals surface area contributed by atoms with Crippen molar-refractivity contribution in [1.82, 2.24) is 15.2 Å². The molecule has 0 spiro atoms. The molecule has 0 bridgehead atoms. The lowest BCUT2D eigenvalue weighted by Gasteiger charge is -2.40. The number of amides is 2. The molecule has 0 saturated carbocycles. The van der Waals surface area contributed by atoms with Gasteiger partial charge in [-0.2, -0.15) is 0 Å². The molecule has 2 N–H and O–H groups in total. The molecule has 0 unspecified atom stereocenters. The standard InChI is InChI=1S/C22H34N4O3/c1-15(24-21(28)29-22(2,3)4)12-19(27)26-13-16(14-26)7-9-18-10-8-17-6-5-11-23-20(17)25-18/h8,10,15-16H,5-7,9,11-14H2,1-4H3,(H,23,25)(H,24,28)/t15-/m1/s1. The summed E-state index contributed by atoms with van der Waals surface area (Å²) in [6.45, 7) is 9.87. The van der Waals surface area contributed by atoms with Crippen LogP contribution in [0.1, 0.15) is 58.2 Å². The van der Waals surface area contributed by atoms with E-state index in [0.717, 1.165) is 50.4 Å². The van der Waals surface area contributed by atoms with Crippen molar-refractivity contribution in [2.45, 2.75) is 71.4 Å². The number of hydrogen-bond donors (Lipinski definition) is 2. The van der Waals surface area contributed by atoms with Gasteiger partial charge in [-0.15, -0.1) is 0 Å². The van der Waals surface area contributed by atoms with Crippen LogP contribution in [0.3, 0.4) is 0 Å². The number of nitrogens with one attached hydrogen (secondary N) is 2. The first-order valence-electron chi connectivity index (χ1n) is 10.7. The third-order valence-corrected chi connectivity index (χ3v) is 5.31. The highest BCUT2D eigenvalue weighted by atomic mass is 16.6. The molecule has 2 aliphatic heterocycles. The summed E-state index contributed by atoms with van der Waals surface area (Å²) in [7, 11) is 0. The molecule has 3 heterocycles. The maximum Gasteiger partial charge on any atom is 0.407 e. The van der Waals surface area contributed by atoms with Crippen LogP contribution in [0.15, 0.2) is 12.1 Å². The molecule has 2 amide bonds. The minimum Gasteiger partial charge on any atom is -0.444 e. The van der Waals surface area contributed by atoms with Gasteiger partial charge in [0.25, 0.3) is 0 Å². The molecule has 1 aromatic rings. The van der Waals surface area contributed by atoms with E-state index in [2.05, 4.69) is 22.8 Å². The van der Waals surface area contributed by atoms with Crippen LogP contribution in [-0.4, -0.2) is 53.2 Å². The van der Waals surface area contributed by atoms with Crippen molar-refractivity contribution in [2.75, 3.05) is 25.0 Å². The van der Waals surface area contributed by atoms with E-state index in [1.165, 1.54) is 12.0 Å². The highest BCUT2D eigenvalue weighted by molar-refractivity contribution is 5.78. The number of fused-ring (bicyclic) bond motifs is 1. The Labute approximate surface area is 173 Å². The van der Waals surface area contributed by atoms with Gasteiger partial charge in [-0.25, -0.2) is 9.78 Å². The van der Waals surface area contributed by atoms with E-state index in [0.29, 0.717) is 12.3 Å². The minimum absolute atomic E-state index is 0.0842. The normalized spacial score (nSPS) is 17.6. The molecular weight excluding hydrogens is 368 g/mol. The minimum atomic E-state index is -0.540. The number of carbonyl (C=O) groups is 2. The predicted molar refractivity (Wildman–Crippen MR) is 113 cm³/mol. The second-order valence-electron chi connectivity index (χ2n) is 9.30. The van der Waals surface area contributed by atoms with Crippen LogP contribution in [0.25, 0.3) is 0 Å². The zero-order valence-electron chi connectivity index (χ0n) is 18.1. The van der Waals surface area contributed by atoms with E-state index in [1.807, 2.05) is 32.6 Å². The summed E-state index contributed by atoms with van der Waals surface area (Å²) in [5, 5.41) is 6.11. The Bertz CT molecular complexity index is 738. The molecule has 0 radical (unpaired) electrons. The van der Waals surface area contributed by atoms with Gasteiger partial charge >= 0.3 is 6.09 Å². The summed E-state index contributed by atoms with van der Waals surface area (Å²) in [6, 6.07) is 4.08. The second-order valence-corrected chi connectivity index (χ2v) is 9.30. The second kappa shape index (κ2) is 9.01. The zero-order chi connectivity index (χ0) is 21.0. The summed E-state index contributed by atoms with van der Waals surface area (Å²) in [4.78, 5) is 30.8. The van der Waals surface area contributed by atoms with Gasteiger partial charge in [0.1, 0.15) is 11.4 Å². The maximum absolute atomic E-state index is 12.4. The number of carbonyl (C=O) groups excluding carboxylic acids is 2. The van der Waals surface area contributed by atoms with E-state index in [-0.39, 0.29) is 11.9 Å². The first-order valence-corrected chi connectivity index (χ1v) is 10.7. The average molecular weight is 403 g/mol. The van der Waals surface area contributed by atoms with Gasteiger partial charge in [0.05, 0.1) is 0 Å². The van der Waals surface area contributed by atoms with Gasteiger partial charge in [-0.1, -0.05) is 6.07 Å². The SMILES string of the molecule is C[C@H](CC(=O)N1CC(CCc2ccc3c(n2)NCCC3)C1)NC(=O)OC(C)(C)C. The third-order valence-electron chi connectivity index (χ3n) is 5.31. The number of hydrogen-bond acceptors (Lipinski definition) is 5. The van der Waals surface area contributed by atoms with Crippen LogP contribution < -0.4 is 10.6 Å². The molecule has 0 aromatic carbocycles. The quantitative estimate of drug-likeness (QED) is 0.764. The average Bonchev–Trinajstić information content (AvgIpc) is 2.58. The van der Waals surface area contributed by atoms with Crippen molar-refractivity contribution in [1.29, 1.82) is 0 Å². The molecular formula is C22H34N4O3. The van der Waals surface area contributed by atoms with Crippen molar-refractivity contribution in [3.8, 4) is 0 Å². The topological polar surface area (TPSA) is 83.6 Å². The smallest absolute Gasteiger partial charge is 0.407 e.